The fraction of sp³-hybridized carbons (Fsp3) is 0. The van der Waals surface area contributed by atoms with Crippen molar-refractivity contribution in [2.75, 3.05) is 5.32 Å². The Hall–Kier alpha value is -2.17. The van der Waals surface area contributed by atoms with E-state index in [0.717, 1.165) is 37.0 Å². The van der Waals surface area contributed by atoms with Crippen LogP contribution in [0.25, 0.3) is 21.1 Å². The van der Waals surface area contributed by atoms with Crippen LogP contribution in [-0.2, 0) is 0 Å². The lowest BCUT2D eigenvalue weighted by atomic mass is 10.2. The fourth-order valence-electron chi connectivity index (χ4n) is 2.23. The first-order chi connectivity index (χ1) is 10.3. The summed E-state index contributed by atoms with van der Waals surface area (Å²) in [4.78, 5) is 8.88. The van der Waals surface area contributed by atoms with Gasteiger partial charge < -0.3 is 5.32 Å². The van der Waals surface area contributed by atoms with Crippen molar-refractivity contribution < 1.29 is 0 Å². The van der Waals surface area contributed by atoms with Crippen LogP contribution in [-0.4, -0.2) is 9.97 Å². The summed E-state index contributed by atoms with van der Waals surface area (Å²) in [5.74, 6) is 0. The molecule has 0 saturated carbocycles. The Kier molecular flexibility index (Phi) is 2.98. The highest BCUT2D eigenvalue weighted by Gasteiger charge is 2.05. The zero-order chi connectivity index (χ0) is 14.2. The van der Waals surface area contributed by atoms with Gasteiger partial charge in [0.05, 0.1) is 15.7 Å². The van der Waals surface area contributed by atoms with Gasteiger partial charge in [0.15, 0.2) is 5.13 Å². The zero-order valence-corrected chi connectivity index (χ0v) is 12.4. The van der Waals surface area contributed by atoms with Gasteiger partial charge in [0.1, 0.15) is 0 Å². The van der Waals surface area contributed by atoms with Crippen LogP contribution in [0.3, 0.4) is 0 Å². The highest BCUT2D eigenvalue weighted by atomic mass is 35.5. The number of hydrogen-bond donors (Lipinski definition) is 1. The Morgan fingerprint density at radius 2 is 1.90 bits per heavy atom. The standard InChI is InChI=1S/C16H10ClN3S/c17-11-3-5-14-15(9-11)21-16(20-14)19-12-4-6-13-10(8-12)2-1-7-18-13/h1-9H,(H,19,20). The van der Waals surface area contributed by atoms with E-state index >= 15 is 0 Å². The van der Waals surface area contributed by atoms with Crippen molar-refractivity contribution in [3.8, 4) is 0 Å². The molecule has 4 rings (SSSR count). The second-order valence-electron chi connectivity index (χ2n) is 4.67. The van der Waals surface area contributed by atoms with Crippen LogP contribution in [0.2, 0.25) is 5.02 Å². The topological polar surface area (TPSA) is 37.8 Å². The predicted molar refractivity (Wildman–Crippen MR) is 89.7 cm³/mol. The third kappa shape index (κ3) is 2.44. The van der Waals surface area contributed by atoms with Gasteiger partial charge >= 0.3 is 0 Å². The van der Waals surface area contributed by atoms with Gasteiger partial charge in [-0.1, -0.05) is 29.0 Å². The van der Waals surface area contributed by atoms with E-state index in [1.54, 1.807) is 17.5 Å². The van der Waals surface area contributed by atoms with Gasteiger partial charge in [-0.05, 0) is 42.5 Å². The molecule has 0 radical (unpaired) electrons. The van der Waals surface area contributed by atoms with Gasteiger partial charge in [-0.15, -0.1) is 0 Å². The highest BCUT2D eigenvalue weighted by molar-refractivity contribution is 7.22. The number of halogens is 1. The largest absolute Gasteiger partial charge is 0.332 e. The molecule has 2 aromatic carbocycles. The molecule has 0 spiro atoms. The second-order valence-corrected chi connectivity index (χ2v) is 6.13. The maximum atomic E-state index is 6.01. The van der Waals surface area contributed by atoms with E-state index in [2.05, 4.69) is 21.4 Å². The Balaban J connectivity index is 1.71. The van der Waals surface area contributed by atoms with E-state index in [-0.39, 0.29) is 0 Å². The van der Waals surface area contributed by atoms with Crippen LogP contribution in [0.5, 0.6) is 0 Å². The molecule has 0 atom stereocenters. The molecule has 2 aromatic heterocycles. The third-order valence-corrected chi connectivity index (χ3v) is 4.37. The van der Waals surface area contributed by atoms with Crippen molar-refractivity contribution in [3.05, 3.63) is 59.8 Å². The SMILES string of the molecule is Clc1ccc2nc(Nc3ccc4ncccc4c3)sc2c1. The Morgan fingerprint density at radius 3 is 2.86 bits per heavy atom. The predicted octanol–water partition coefficient (Wildman–Crippen LogP) is 5.24. The van der Waals surface area contributed by atoms with Crippen LogP contribution in [0.4, 0.5) is 10.8 Å². The van der Waals surface area contributed by atoms with Gasteiger partial charge in [0, 0.05) is 22.3 Å². The molecule has 4 aromatic rings. The Labute approximate surface area is 130 Å². The van der Waals surface area contributed by atoms with Crippen LogP contribution >= 0.6 is 22.9 Å². The Morgan fingerprint density at radius 1 is 1.00 bits per heavy atom. The lowest BCUT2D eigenvalue weighted by Gasteiger charge is -2.03. The number of hydrogen-bond acceptors (Lipinski definition) is 4. The summed E-state index contributed by atoms with van der Waals surface area (Å²) in [7, 11) is 0. The summed E-state index contributed by atoms with van der Waals surface area (Å²) in [5.41, 5.74) is 2.94. The maximum Gasteiger partial charge on any atom is 0.188 e. The minimum atomic E-state index is 0.731. The molecule has 0 aliphatic carbocycles. The number of aromatic nitrogens is 2. The quantitative estimate of drug-likeness (QED) is 0.550. The molecule has 3 nitrogen and oxygen atoms in total. The van der Waals surface area contributed by atoms with E-state index in [1.165, 1.54) is 0 Å². The molecule has 0 fully saturated rings. The monoisotopic (exact) mass is 311 g/mol. The number of thiazole rings is 1. The number of pyridine rings is 1. The second kappa shape index (κ2) is 4.98. The van der Waals surface area contributed by atoms with E-state index in [4.69, 9.17) is 11.6 Å². The molecular formula is C16H10ClN3S. The number of nitrogens with one attached hydrogen (secondary N) is 1. The third-order valence-electron chi connectivity index (χ3n) is 3.20. The van der Waals surface area contributed by atoms with E-state index in [0.29, 0.717) is 0 Å². The number of nitrogens with zero attached hydrogens (tertiary/aromatic N) is 2. The first-order valence-electron chi connectivity index (χ1n) is 6.46. The van der Waals surface area contributed by atoms with Crippen molar-refractivity contribution in [2.24, 2.45) is 0 Å². The summed E-state index contributed by atoms with van der Waals surface area (Å²) < 4.78 is 1.08. The van der Waals surface area contributed by atoms with Crippen molar-refractivity contribution >= 4 is 54.9 Å². The van der Waals surface area contributed by atoms with Crippen LogP contribution in [0.15, 0.2) is 54.7 Å². The smallest absolute Gasteiger partial charge is 0.188 e. The minimum Gasteiger partial charge on any atom is -0.332 e. The zero-order valence-electron chi connectivity index (χ0n) is 10.9. The number of rotatable bonds is 2. The van der Waals surface area contributed by atoms with Crippen molar-refractivity contribution in [3.63, 3.8) is 0 Å². The molecule has 0 saturated heterocycles. The molecule has 0 aliphatic heterocycles. The molecule has 2 heterocycles. The van der Waals surface area contributed by atoms with E-state index in [9.17, 15) is 0 Å². The van der Waals surface area contributed by atoms with Crippen molar-refractivity contribution in [1.29, 1.82) is 0 Å². The van der Waals surface area contributed by atoms with Crippen molar-refractivity contribution in [1.82, 2.24) is 9.97 Å². The summed E-state index contributed by atoms with van der Waals surface area (Å²) >= 11 is 7.59. The van der Waals surface area contributed by atoms with Gasteiger partial charge in [0.25, 0.3) is 0 Å². The first-order valence-corrected chi connectivity index (χ1v) is 7.65. The molecule has 0 bridgehead atoms. The van der Waals surface area contributed by atoms with Crippen LogP contribution in [0.1, 0.15) is 0 Å². The molecule has 1 N–H and O–H groups in total. The van der Waals surface area contributed by atoms with E-state index < -0.39 is 0 Å². The first kappa shape index (κ1) is 12.6. The molecule has 0 amide bonds. The van der Waals surface area contributed by atoms with Gasteiger partial charge in [0.2, 0.25) is 0 Å². The van der Waals surface area contributed by atoms with Crippen LogP contribution < -0.4 is 5.32 Å². The Bertz CT molecular complexity index is 948. The molecule has 21 heavy (non-hydrogen) atoms. The summed E-state index contributed by atoms with van der Waals surface area (Å²) in [6.07, 6.45) is 1.80. The van der Waals surface area contributed by atoms with Crippen molar-refractivity contribution in [2.45, 2.75) is 0 Å². The average Bonchev–Trinajstić information content (AvgIpc) is 2.88. The fourth-order valence-corrected chi connectivity index (χ4v) is 3.39. The van der Waals surface area contributed by atoms with Gasteiger partial charge in [-0.3, -0.25) is 4.98 Å². The average molecular weight is 312 g/mol. The summed E-state index contributed by atoms with van der Waals surface area (Å²) in [5, 5.41) is 6.03. The highest BCUT2D eigenvalue weighted by Crippen LogP contribution is 2.30. The lowest BCUT2D eigenvalue weighted by Crippen LogP contribution is -1.89. The summed E-state index contributed by atoms with van der Waals surface area (Å²) in [6, 6.07) is 15.8. The summed E-state index contributed by atoms with van der Waals surface area (Å²) in [6.45, 7) is 0. The molecular weight excluding hydrogens is 302 g/mol. The number of anilines is 2. The molecule has 0 unspecified atom stereocenters. The molecule has 5 heteroatoms. The number of fused-ring (bicyclic) bond motifs is 2. The lowest BCUT2D eigenvalue weighted by molar-refractivity contribution is 1.40. The van der Waals surface area contributed by atoms with Crippen LogP contribution in [0, 0.1) is 0 Å². The van der Waals surface area contributed by atoms with Gasteiger partial charge in [-0.2, -0.15) is 0 Å². The minimum absolute atomic E-state index is 0.731. The molecule has 0 aliphatic rings. The maximum absolute atomic E-state index is 6.01. The number of benzene rings is 2. The van der Waals surface area contributed by atoms with E-state index in [1.807, 2.05) is 42.5 Å². The molecule has 102 valence electrons. The van der Waals surface area contributed by atoms with Gasteiger partial charge in [-0.25, -0.2) is 4.98 Å². The normalized spacial score (nSPS) is 11.1.